The van der Waals surface area contributed by atoms with E-state index in [0.717, 1.165) is 11.6 Å². The molecular weight excluding hydrogens is 414 g/mol. The molecule has 2 aromatic rings. The summed E-state index contributed by atoms with van der Waals surface area (Å²) in [6.45, 7) is 3.32. The third-order valence-corrected chi connectivity index (χ3v) is 4.96. The van der Waals surface area contributed by atoms with E-state index in [4.69, 9.17) is 21.1 Å². The maximum atomic E-state index is 12.6. The van der Waals surface area contributed by atoms with Crippen molar-refractivity contribution in [2.24, 2.45) is 0 Å². The number of carbonyl (C=O) groups is 2. The van der Waals surface area contributed by atoms with Crippen LogP contribution in [0, 0.1) is 17.0 Å². The van der Waals surface area contributed by atoms with Crippen molar-refractivity contribution in [3.63, 3.8) is 0 Å². The van der Waals surface area contributed by atoms with Gasteiger partial charge in [0.2, 0.25) is 0 Å². The molecule has 9 nitrogen and oxygen atoms in total. The molecular formula is C20H20ClN3O6. The van der Waals surface area contributed by atoms with Crippen LogP contribution in [0.15, 0.2) is 36.4 Å². The van der Waals surface area contributed by atoms with Gasteiger partial charge in [-0.2, -0.15) is 0 Å². The maximum absolute atomic E-state index is 12.6. The highest BCUT2D eigenvalue weighted by Crippen LogP contribution is 2.27. The summed E-state index contributed by atoms with van der Waals surface area (Å²) in [4.78, 5) is 37.2. The van der Waals surface area contributed by atoms with E-state index in [1.807, 2.05) is 11.8 Å². The zero-order valence-corrected chi connectivity index (χ0v) is 17.0. The van der Waals surface area contributed by atoms with Crippen molar-refractivity contribution in [1.82, 2.24) is 0 Å². The number of nitrogens with one attached hydrogen (secondary N) is 1. The van der Waals surface area contributed by atoms with Crippen molar-refractivity contribution >= 4 is 40.5 Å². The molecule has 1 N–H and O–H groups in total. The smallest absolute Gasteiger partial charge is 0.341 e. The van der Waals surface area contributed by atoms with Crippen LogP contribution in [0.3, 0.4) is 0 Å². The van der Waals surface area contributed by atoms with Gasteiger partial charge >= 0.3 is 5.97 Å². The second kappa shape index (κ2) is 9.55. The number of nitro groups is 1. The predicted octanol–water partition coefficient (Wildman–Crippen LogP) is 3.19. The van der Waals surface area contributed by atoms with Crippen LogP contribution in [0.1, 0.15) is 15.9 Å². The lowest BCUT2D eigenvalue weighted by molar-refractivity contribution is -0.384. The fourth-order valence-corrected chi connectivity index (χ4v) is 3.14. The Hall–Kier alpha value is -3.17. The number of nitro benzene ring substituents is 1. The van der Waals surface area contributed by atoms with E-state index in [-0.39, 0.29) is 11.3 Å². The highest BCUT2D eigenvalue weighted by molar-refractivity contribution is 6.31. The Labute approximate surface area is 177 Å². The molecule has 0 radical (unpaired) electrons. The van der Waals surface area contributed by atoms with Gasteiger partial charge in [0.15, 0.2) is 6.61 Å². The van der Waals surface area contributed by atoms with Crippen molar-refractivity contribution in [1.29, 1.82) is 0 Å². The Morgan fingerprint density at radius 3 is 2.63 bits per heavy atom. The van der Waals surface area contributed by atoms with Crippen molar-refractivity contribution in [2.45, 2.75) is 6.92 Å². The highest BCUT2D eigenvalue weighted by Gasteiger charge is 2.23. The average Bonchev–Trinajstić information content (AvgIpc) is 2.74. The van der Waals surface area contributed by atoms with Crippen molar-refractivity contribution < 1.29 is 24.0 Å². The van der Waals surface area contributed by atoms with E-state index in [1.54, 1.807) is 18.2 Å². The number of anilines is 2. The first kappa shape index (κ1) is 21.5. The quantitative estimate of drug-likeness (QED) is 0.423. The predicted molar refractivity (Wildman–Crippen MR) is 111 cm³/mol. The molecule has 0 saturated carbocycles. The van der Waals surface area contributed by atoms with Gasteiger partial charge in [-0.1, -0.05) is 17.7 Å². The first-order valence-corrected chi connectivity index (χ1v) is 9.57. The number of nitrogens with zero attached hydrogens (tertiary/aromatic N) is 2. The number of aryl methyl sites for hydroxylation is 1. The number of carbonyl (C=O) groups excluding carboxylic acids is 2. The molecule has 0 atom stereocenters. The van der Waals surface area contributed by atoms with Crippen LogP contribution in [0.4, 0.5) is 17.1 Å². The molecule has 0 bridgehead atoms. The van der Waals surface area contributed by atoms with Gasteiger partial charge in [0.25, 0.3) is 11.6 Å². The number of halogens is 1. The molecule has 0 spiro atoms. The standard InChI is InChI=1S/C20H20ClN3O6/c1-13-2-3-14(10-17(13)21)22-19(25)12-30-20(26)16-11-15(24(27)28)4-5-18(16)23-6-8-29-9-7-23/h2-5,10-11H,6-9,12H2,1H3,(H,22,25). The second-order valence-corrected chi connectivity index (χ2v) is 7.05. The van der Waals surface area contributed by atoms with E-state index in [0.29, 0.717) is 42.7 Å². The fourth-order valence-electron chi connectivity index (χ4n) is 2.96. The lowest BCUT2D eigenvalue weighted by Gasteiger charge is -2.30. The number of esters is 1. The summed E-state index contributed by atoms with van der Waals surface area (Å²) in [6, 6.07) is 9.02. The molecule has 1 aliphatic rings. The molecule has 1 heterocycles. The molecule has 2 aromatic carbocycles. The summed E-state index contributed by atoms with van der Waals surface area (Å²) in [5.74, 6) is -1.38. The third-order valence-electron chi connectivity index (χ3n) is 4.55. The molecule has 0 aliphatic carbocycles. The van der Waals surface area contributed by atoms with E-state index >= 15 is 0 Å². The van der Waals surface area contributed by atoms with Gasteiger partial charge < -0.3 is 19.7 Å². The molecule has 30 heavy (non-hydrogen) atoms. The van der Waals surface area contributed by atoms with Crippen LogP contribution < -0.4 is 10.2 Å². The van der Waals surface area contributed by atoms with Crippen molar-refractivity contribution in [3.05, 3.63) is 62.7 Å². The molecule has 0 unspecified atom stereocenters. The molecule has 1 fully saturated rings. The highest BCUT2D eigenvalue weighted by atomic mass is 35.5. The second-order valence-electron chi connectivity index (χ2n) is 6.65. The molecule has 10 heteroatoms. The van der Waals surface area contributed by atoms with Gasteiger partial charge in [-0.15, -0.1) is 0 Å². The van der Waals surface area contributed by atoms with E-state index in [1.165, 1.54) is 12.1 Å². The fraction of sp³-hybridized carbons (Fsp3) is 0.300. The lowest BCUT2D eigenvalue weighted by Crippen LogP contribution is -2.37. The molecule has 1 amide bonds. The van der Waals surface area contributed by atoms with E-state index in [2.05, 4.69) is 5.32 Å². The van der Waals surface area contributed by atoms with Crippen LogP contribution in [0.5, 0.6) is 0 Å². The first-order chi connectivity index (χ1) is 14.3. The molecule has 158 valence electrons. The largest absolute Gasteiger partial charge is 0.452 e. The minimum absolute atomic E-state index is 0.0253. The molecule has 3 rings (SSSR count). The number of morpholine rings is 1. The van der Waals surface area contributed by atoms with Crippen LogP contribution in [0.2, 0.25) is 5.02 Å². The minimum Gasteiger partial charge on any atom is -0.452 e. The minimum atomic E-state index is -0.822. The van der Waals surface area contributed by atoms with Crippen molar-refractivity contribution in [2.75, 3.05) is 43.1 Å². The number of amides is 1. The van der Waals surface area contributed by atoms with Gasteiger partial charge in [0.1, 0.15) is 0 Å². The zero-order valence-electron chi connectivity index (χ0n) is 16.2. The Bertz CT molecular complexity index is 975. The summed E-state index contributed by atoms with van der Waals surface area (Å²) >= 11 is 6.03. The SMILES string of the molecule is Cc1ccc(NC(=O)COC(=O)c2cc([N+](=O)[O-])ccc2N2CCOCC2)cc1Cl. The summed E-state index contributed by atoms with van der Waals surface area (Å²) in [5.41, 5.74) is 1.62. The summed E-state index contributed by atoms with van der Waals surface area (Å²) in [6.07, 6.45) is 0. The molecule has 1 saturated heterocycles. The third kappa shape index (κ3) is 5.25. The zero-order chi connectivity index (χ0) is 21.7. The normalized spacial score (nSPS) is 13.6. The number of benzene rings is 2. The van der Waals surface area contributed by atoms with Gasteiger partial charge in [-0.25, -0.2) is 4.79 Å². The Kier molecular flexibility index (Phi) is 6.86. The van der Waals surface area contributed by atoms with Gasteiger partial charge in [-0.05, 0) is 30.7 Å². The summed E-state index contributed by atoms with van der Waals surface area (Å²) in [7, 11) is 0. The lowest BCUT2D eigenvalue weighted by atomic mass is 10.1. The Morgan fingerprint density at radius 1 is 1.23 bits per heavy atom. The van der Waals surface area contributed by atoms with Crippen molar-refractivity contribution in [3.8, 4) is 0 Å². The van der Waals surface area contributed by atoms with Crippen LogP contribution in [0.25, 0.3) is 0 Å². The Morgan fingerprint density at radius 2 is 1.97 bits per heavy atom. The summed E-state index contributed by atoms with van der Waals surface area (Å²) < 4.78 is 10.4. The van der Waals surface area contributed by atoms with Gasteiger partial charge in [-0.3, -0.25) is 14.9 Å². The van der Waals surface area contributed by atoms with E-state index < -0.39 is 23.4 Å². The number of non-ortho nitro benzene ring substituents is 1. The topological polar surface area (TPSA) is 111 Å². The first-order valence-electron chi connectivity index (χ1n) is 9.19. The van der Waals surface area contributed by atoms with Crippen LogP contribution in [-0.2, 0) is 14.3 Å². The monoisotopic (exact) mass is 433 g/mol. The maximum Gasteiger partial charge on any atom is 0.341 e. The summed E-state index contributed by atoms with van der Waals surface area (Å²) in [5, 5.41) is 14.2. The van der Waals surface area contributed by atoms with Gasteiger partial charge in [0, 0.05) is 35.9 Å². The van der Waals surface area contributed by atoms with Gasteiger partial charge in [0.05, 0.1) is 29.4 Å². The average molecular weight is 434 g/mol. The number of ether oxygens (including phenoxy) is 2. The molecule has 1 aliphatic heterocycles. The van der Waals surface area contributed by atoms with E-state index in [9.17, 15) is 19.7 Å². The van der Waals surface area contributed by atoms with Crippen LogP contribution in [-0.4, -0.2) is 49.7 Å². The molecule has 0 aromatic heterocycles. The Balaban J connectivity index is 1.71. The number of hydrogen-bond donors (Lipinski definition) is 1. The number of hydrogen-bond acceptors (Lipinski definition) is 7. The number of rotatable bonds is 6. The van der Waals surface area contributed by atoms with Crippen LogP contribution >= 0.6 is 11.6 Å².